The summed E-state index contributed by atoms with van der Waals surface area (Å²) in [6.07, 6.45) is -2.39. The minimum Gasteiger partial charge on any atom is -0.394 e. The quantitative estimate of drug-likeness (QED) is 0.582. The number of anilines is 1. The number of ether oxygens (including phenoxy) is 1. The average molecular weight is 283 g/mol. The molecule has 0 spiro atoms. The van der Waals surface area contributed by atoms with Crippen LogP contribution in [-0.4, -0.2) is 50.2 Å². The van der Waals surface area contributed by atoms with Crippen molar-refractivity contribution in [2.24, 2.45) is 0 Å². The molecule has 1 aliphatic heterocycles. The minimum atomic E-state index is -1.12. The molecule has 3 heterocycles. The molecule has 8 heteroatoms. The number of hydrogen-bond donors (Lipinski definition) is 4. The van der Waals surface area contributed by atoms with Crippen molar-refractivity contribution in [3.63, 3.8) is 0 Å². The molecule has 7 nitrogen and oxygen atoms in total. The number of aliphatic hydroxyl groups is 3. The van der Waals surface area contributed by atoms with Crippen LogP contribution >= 0.6 is 11.3 Å². The van der Waals surface area contributed by atoms with Crippen molar-refractivity contribution in [3.8, 4) is 0 Å². The first-order valence-electron chi connectivity index (χ1n) is 5.73. The van der Waals surface area contributed by atoms with Crippen molar-refractivity contribution in [2.75, 3.05) is 12.3 Å². The lowest BCUT2D eigenvalue weighted by Crippen LogP contribution is -2.32. The summed E-state index contributed by atoms with van der Waals surface area (Å²) in [4.78, 5) is 8.71. The zero-order valence-electron chi connectivity index (χ0n) is 9.80. The third-order valence-corrected chi connectivity index (χ3v) is 4.29. The third-order valence-electron chi connectivity index (χ3n) is 3.25. The van der Waals surface area contributed by atoms with Gasteiger partial charge in [0.25, 0.3) is 0 Å². The van der Waals surface area contributed by atoms with E-state index in [0.717, 1.165) is 0 Å². The lowest BCUT2D eigenvalue weighted by molar-refractivity contribution is -0.0214. The van der Waals surface area contributed by atoms with Crippen LogP contribution in [-0.2, 0) is 4.74 Å². The monoisotopic (exact) mass is 283 g/mol. The largest absolute Gasteiger partial charge is 0.394 e. The molecule has 19 heavy (non-hydrogen) atoms. The summed E-state index contributed by atoms with van der Waals surface area (Å²) in [5.41, 5.74) is 6.35. The first-order valence-corrected chi connectivity index (χ1v) is 6.61. The minimum absolute atomic E-state index is 0.352. The summed E-state index contributed by atoms with van der Waals surface area (Å²) in [6, 6.07) is 0. The second kappa shape index (κ2) is 4.66. The highest BCUT2D eigenvalue weighted by Gasteiger charge is 2.44. The van der Waals surface area contributed by atoms with Crippen molar-refractivity contribution in [3.05, 3.63) is 16.6 Å². The zero-order chi connectivity index (χ0) is 13.6. The average Bonchev–Trinajstić information content (AvgIpc) is 2.94. The second-order valence-corrected chi connectivity index (χ2v) is 5.29. The molecule has 102 valence electrons. The van der Waals surface area contributed by atoms with Gasteiger partial charge in [-0.3, -0.25) is 0 Å². The maximum atomic E-state index is 10.0. The Morgan fingerprint density at radius 3 is 2.79 bits per heavy atom. The van der Waals surface area contributed by atoms with Gasteiger partial charge in [0.05, 0.1) is 22.4 Å². The van der Waals surface area contributed by atoms with Crippen molar-refractivity contribution >= 4 is 28.1 Å². The Morgan fingerprint density at radius 1 is 1.32 bits per heavy atom. The molecule has 0 radical (unpaired) electrons. The Morgan fingerprint density at radius 2 is 2.11 bits per heavy atom. The van der Waals surface area contributed by atoms with Crippen LogP contribution in [0.4, 0.5) is 5.82 Å². The number of rotatable bonds is 2. The van der Waals surface area contributed by atoms with Crippen molar-refractivity contribution in [1.82, 2.24) is 9.97 Å². The van der Waals surface area contributed by atoms with Crippen LogP contribution in [0.15, 0.2) is 11.7 Å². The first-order chi connectivity index (χ1) is 9.13. The normalized spacial score (nSPS) is 31.1. The highest BCUT2D eigenvalue weighted by atomic mass is 32.1. The van der Waals surface area contributed by atoms with E-state index >= 15 is 0 Å². The van der Waals surface area contributed by atoms with Gasteiger partial charge in [-0.05, 0) is 0 Å². The fraction of sp³-hybridized carbons (Fsp3) is 0.455. The van der Waals surface area contributed by atoms with E-state index in [1.54, 1.807) is 5.38 Å². The van der Waals surface area contributed by atoms with E-state index in [2.05, 4.69) is 9.97 Å². The van der Waals surface area contributed by atoms with Gasteiger partial charge in [-0.2, -0.15) is 0 Å². The van der Waals surface area contributed by atoms with Crippen LogP contribution < -0.4 is 5.73 Å². The Labute approximate surface area is 112 Å². The molecule has 0 saturated carbocycles. The number of nitrogens with two attached hydrogens (primary N) is 1. The number of thiophene rings is 1. The van der Waals surface area contributed by atoms with Crippen molar-refractivity contribution in [1.29, 1.82) is 0 Å². The molecule has 4 atom stereocenters. The highest BCUT2D eigenvalue weighted by molar-refractivity contribution is 7.11. The lowest BCUT2D eigenvalue weighted by Gasteiger charge is -2.13. The van der Waals surface area contributed by atoms with E-state index < -0.39 is 24.4 Å². The molecular weight excluding hydrogens is 270 g/mol. The summed E-state index contributed by atoms with van der Waals surface area (Å²) in [7, 11) is 0. The van der Waals surface area contributed by atoms with E-state index in [1.165, 1.54) is 17.7 Å². The molecule has 0 unspecified atom stereocenters. The highest BCUT2D eigenvalue weighted by Crippen LogP contribution is 2.40. The Kier molecular flexibility index (Phi) is 3.11. The maximum absolute atomic E-state index is 10.0. The van der Waals surface area contributed by atoms with Gasteiger partial charge in [-0.15, -0.1) is 11.3 Å². The molecule has 5 N–H and O–H groups in total. The van der Waals surface area contributed by atoms with Gasteiger partial charge in [0, 0.05) is 5.38 Å². The number of fused-ring (bicyclic) bond motifs is 1. The van der Waals surface area contributed by atoms with E-state index in [-0.39, 0.29) is 6.61 Å². The number of nitrogen functional groups attached to an aromatic ring is 1. The SMILES string of the molecule is Nc1ncnc2c([C@H]3O[C@H](CO)[C@@H](O)[C@H]3O)scc12. The smallest absolute Gasteiger partial charge is 0.135 e. The molecule has 1 saturated heterocycles. The van der Waals surface area contributed by atoms with Crippen LogP contribution in [0, 0.1) is 0 Å². The van der Waals surface area contributed by atoms with Crippen LogP contribution in [0.5, 0.6) is 0 Å². The molecule has 0 aliphatic carbocycles. The fourth-order valence-corrected chi connectivity index (χ4v) is 3.30. The van der Waals surface area contributed by atoms with Gasteiger partial charge in [-0.1, -0.05) is 0 Å². The van der Waals surface area contributed by atoms with Crippen LogP contribution in [0.3, 0.4) is 0 Å². The third kappa shape index (κ3) is 1.88. The van der Waals surface area contributed by atoms with Crippen molar-refractivity contribution < 1.29 is 20.1 Å². The molecule has 0 aromatic carbocycles. The van der Waals surface area contributed by atoms with Crippen LogP contribution in [0.2, 0.25) is 0 Å². The van der Waals surface area contributed by atoms with Gasteiger partial charge in [-0.25, -0.2) is 9.97 Å². The summed E-state index contributed by atoms with van der Waals surface area (Å²) < 4.78 is 5.49. The number of hydrogen-bond acceptors (Lipinski definition) is 8. The summed E-state index contributed by atoms with van der Waals surface area (Å²) in [5, 5.41) is 31.3. The number of aromatic nitrogens is 2. The van der Waals surface area contributed by atoms with Crippen LogP contribution in [0.1, 0.15) is 11.0 Å². The summed E-state index contributed by atoms with van der Waals surface area (Å²) in [6.45, 7) is -0.352. The predicted molar refractivity (Wildman–Crippen MR) is 68.5 cm³/mol. The van der Waals surface area contributed by atoms with E-state index in [1.807, 2.05) is 0 Å². The lowest BCUT2D eigenvalue weighted by atomic mass is 10.1. The zero-order valence-corrected chi connectivity index (χ0v) is 10.6. The Bertz CT molecular complexity index is 605. The molecule has 0 amide bonds. The summed E-state index contributed by atoms with van der Waals surface area (Å²) >= 11 is 1.33. The van der Waals surface area contributed by atoms with Crippen LogP contribution in [0.25, 0.3) is 10.9 Å². The van der Waals surface area contributed by atoms with E-state index in [4.69, 9.17) is 15.6 Å². The topological polar surface area (TPSA) is 122 Å². The van der Waals surface area contributed by atoms with Gasteiger partial charge in [0.1, 0.15) is 36.6 Å². The Hall–Kier alpha value is -1.32. The molecule has 1 fully saturated rings. The van der Waals surface area contributed by atoms with Gasteiger partial charge < -0.3 is 25.8 Å². The number of aliphatic hydroxyl groups excluding tert-OH is 3. The molecule has 0 bridgehead atoms. The molecule has 3 rings (SSSR count). The number of nitrogens with zero attached hydrogens (tertiary/aromatic N) is 2. The van der Waals surface area contributed by atoms with E-state index in [0.29, 0.717) is 21.6 Å². The Balaban J connectivity index is 2.04. The summed E-state index contributed by atoms with van der Waals surface area (Å²) in [5.74, 6) is 0.360. The maximum Gasteiger partial charge on any atom is 0.135 e. The van der Waals surface area contributed by atoms with Crippen molar-refractivity contribution in [2.45, 2.75) is 24.4 Å². The van der Waals surface area contributed by atoms with Gasteiger partial charge >= 0.3 is 0 Å². The molecular formula is C11H13N3O4S. The fourth-order valence-electron chi connectivity index (χ4n) is 2.22. The standard InChI is InChI=1S/C11H13N3O4S/c12-11-4-2-19-10(6(4)13-3-14-11)9-8(17)7(16)5(1-15)18-9/h2-3,5,7-9,15-17H,1H2,(H2,12,13,14)/t5-,7-,8-,9+/m1/s1. The first kappa shape index (κ1) is 12.7. The molecule has 2 aromatic heterocycles. The molecule has 1 aliphatic rings. The predicted octanol–water partition coefficient (Wildman–Crippen LogP) is -0.573. The van der Waals surface area contributed by atoms with Gasteiger partial charge in [0.2, 0.25) is 0 Å². The molecule has 2 aromatic rings. The van der Waals surface area contributed by atoms with E-state index in [9.17, 15) is 10.2 Å². The second-order valence-electron chi connectivity index (χ2n) is 4.38. The van der Waals surface area contributed by atoms with Gasteiger partial charge in [0.15, 0.2) is 0 Å².